The highest BCUT2D eigenvalue weighted by Gasteiger charge is 2.33. The number of hydrogen-bond acceptors (Lipinski definition) is 7. The summed E-state index contributed by atoms with van der Waals surface area (Å²) in [5.74, 6) is 0.345. The summed E-state index contributed by atoms with van der Waals surface area (Å²) < 4.78 is 21.6. The Morgan fingerprint density at radius 1 is 1.24 bits per heavy atom. The molecule has 2 aromatic heterocycles. The molecule has 0 saturated carbocycles. The standard InChI is InChI=1S/C24H30B2ClFN6O3/c1-12-10-34(11-13(2)19(12)28)23-30-9-16(27)20(32-23)31-15-5-6-17-14(7-15)8-18(21(35)33(17)4)37-24(25,26)22(36)29-3/h5-9,12-13,19H,10-11,25-26H2,1-4H3,(H,29,36)(H,30,31,32)/t12-,13+,19?. The molecular formula is C24H30B2ClFN6O3. The third kappa shape index (κ3) is 5.39. The van der Waals surface area contributed by atoms with Gasteiger partial charge >= 0.3 is 0 Å². The van der Waals surface area contributed by atoms with E-state index in [0.29, 0.717) is 46.5 Å². The lowest BCUT2D eigenvalue weighted by atomic mass is 9.64. The van der Waals surface area contributed by atoms with Crippen LogP contribution in [0.15, 0.2) is 35.3 Å². The first-order valence-electron chi connectivity index (χ1n) is 12.1. The lowest BCUT2D eigenvalue weighted by Crippen LogP contribution is -2.52. The van der Waals surface area contributed by atoms with E-state index in [1.54, 1.807) is 34.9 Å². The number of carbonyl (C=O) groups excluding carboxylic acids is 1. The summed E-state index contributed by atoms with van der Waals surface area (Å²) in [6.07, 6.45) is 0.672. The fourth-order valence-corrected chi connectivity index (χ4v) is 4.79. The molecule has 1 aromatic carbocycles. The smallest absolute Gasteiger partial charge is 0.293 e. The Morgan fingerprint density at radius 3 is 2.57 bits per heavy atom. The van der Waals surface area contributed by atoms with Gasteiger partial charge < -0.3 is 24.8 Å². The molecule has 1 fully saturated rings. The maximum Gasteiger partial charge on any atom is 0.293 e. The van der Waals surface area contributed by atoms with Crippen molar-refractivity contribution in [1.82, 2.24) is 19.9 Å². The van der Waals surface area contributed by atoms with Gasteiger partial charge in [-0.15, -0.1) is 0 Å². The van der Waals surface area contributed by atoms with Crippen LogP contribution in [0.3, 0.4) is 0 Å². The fraction of sp³-hybridized carbons (Fsp3) is 0.417. The van der Waals surface area contributed by atoms with E-state index >= 15 is 0 Å². The molecule has 3 heterocycles. The Kier molecular flexibility index (Phi) is 7.41. The Hall–Kier alpha value is -3.27. The molecule has 1 aliphatic heterocycles. The quantitative estimate of drug-likeness (QED) is 0.466. The van der Waals surface area contributed by atoms with Crippen molar-refractivity contribution in [2.45, 2.75) is 25.4 Å². The number of anilines is 3. The van der Waals surface area contributed by atoms with Crippen LogP contribution in [0.25, 0.3) is 10.9 Å². The molecule has 1 unspecified atom stereocenters. The van der Waals surface area contributed by atoms with Gasteiger partial charge in [0.2, 0.25) is 11.9 Å². The molecular weight excluding hydrogens is 496 g/mol. The van der Waals surface area contributed by atoms with Crippen LogP contribution < -0.4 is 25.8 Å². The molecule has 1 aliphatic rings. The van der Waals surface area contributed by atoms with E-state index in [1.807, 2.05) is 30.9 Å². The zero-order valence-electron chi connectivity index (χ0n) is 21.8. The average molecular weight is 527 g/mol. The number of alkyl halides is 1. The van der Waals surface area contributed by atoms with Gasteiger partial charge in [-0.25, -0.2) is 9.37 Å². The SMILES string of the molecule is BC(B)(Oc1cc2cc(Nc3nc(N4C[C@@H](C)C(F)[C@@H](C)C4)ncc3Cl)ccc2n(C)c1=O)C(=O)NC. The van der Waals surface area contributed by atoms with Gasteiger partial charge in [-0.1, -0.05) is 25.4 Å². The van der Waals surface area contributed by atoms with Crippen LogP contribution in [0, 0.1) is 11.8 Å². The fourth-order valence-electron chi connectivity index (χ4n) is 4.66. The summed E-state index contributed by atoms with van der Waals surface area (Å²) in [6, 6.07) is 7.07. The monoisotopic (exact) mass is 526 g/mol. The summed E-state index contributed by atoms with van der Waals surface area (Å²) in [4.78, 5) is 36.0. The van der Waals surface area contributed by atoms with Crippen molar-refractivity contribution in [3.05, 3.63) is 45.8 Å². The molecule has 3 aromatic rings. The third-order valence-corrected chi connectivity index (χ3v) is 6.99. The predicted molar refractivity (Wildman–Crippen MR) is 149 cm³/mol. The van der Waals surface area contributed by atoms with Gasteiger partial charge in [-0.05, 0) is 24.3 Å². The van der Waals surface area contributed by atoms with Crippen LogP contribution in [0.1, 0.15) is 13.8 Å². The van der Waals surface area contributed by atoms with Crippen molar-refractivity contribution < 1.29 is 13.9 Å². The van der Waals surface area contributed by atoms with E-state index in [-0.39, 0.29) is 29.1 Å². The molecule has 9 nitrogen and oxygen atoms in total. The molecule has 3 atom stereocenters. The number of aromatic nitrogens is 3. The van der Waals surface area contributed by atoms with Crippen LogP contribution in [-0.4, -0.2) is 67.8 Å². The molecule has 2 N–H and O–H groups in total. The molecule has 0 aliphatic carbocycles. The zero-order chi connectivity index (χ0) is 27.1. The summed E-state index contributed by atoms with van der Waals surface area (Å²) in [7, 11) is 6.35. The van der Waals surface area contributed by atoms with E-state index in [4.69, 9.17) is 16.3 Å². The first-order valence-corrected chi connectivity index (χ1v) is 12.5. The first kappa shape index (κ1) is 26.8. The van der Waals surface area contributed by atoms with Gasteiger partial charge in [-0.3, -0.25) is 9.59 Å². The molecule has 37 heavy (non-hydrogen) atoms. The predicted octanol–water partition coefficient (Wildman–Crippen LogP) is 1.20. The van der Waals surface area contributed by atoms with Crippen molar-refractivity contribution in [3.8, 4) is 5.75 Å². The number of aryl methyl sites for hydroxylation is 1. The normalized spacial score (nSPS) is 20.1. The second-order valence-electron chi connectivity index (χ2n) is 10.1. The van der Waals surface area contributed by atoms with Crippen LogP contribution in [0.5, 0.6) is 5.75 Å². The van der Waals surface area contributed by atoms with E-state index in [0.717, 1.165) is 0 Å². The maximum absolute atomic E-state index is 14.3. The number of amides is 1. The lowest BCUT2D eigenvalue weighted by molar-refractivity contribution is -0.126. The minimum absolute atomic E-state index is 0.0580. The van der Waals surface area contributed by atoms with Crippen LogP contribution in [0.4, 0.5) is 21.8 Å². The molecule has 1 saturated heterocycles. The third-order valence-electron chi connectivity index (χ3n) is 6.71. The number of hydrogen-bond donors (Lipinski definition) is 2. The number of piperidine rings is 1. The lowest BCUT2D eigenvalue weighted by Gasteiger charge is -2.37. The molecule has 0 radical (unpaired) electrons. The Labute approximate surface area is 221 Å². The highest BCUT2D eigenvalue weighted by Crippen LogP contribution is 2.31. The zero-order valence-corrected chi connectivity index (χ0v) is 22.6. The highest BCUT2D eigenvalue weighted by molar-refractivity contribution is 6.50. The van der Waals surface area contributed by atoms with Crippen LogP contribution >= 0.6 is 11.6 Å². The summed E-state index contributed by atoms with van der Waals surface area (Å²) >= 11 is 6.40. The van der Waals surface area contributed by atoms with Crippen molar-refractivity contribution in [2.75, 3.05) is 30.4 Å². The van der Waals surface area contributed by atoms with Crippen molar-refractivity contribution in [2.24, 2.45) is 18.9 Å². The van der Waals surface area contributed by atoms with Gasteiger partial charge in [-0.2, -0.15) is 4.98 Å². The van der Waals surface area contributed by atoms with Gasteiger partial charge in [0.15, 0.2) is 27.3 Å². The number of pyridine rings is 1. The number of ether oxygens (including phenoxy) is 1. The minimum atomic E-state index is -1.24. The van der Waals surface area contributed by atoms with Crippen LogP contribution in [0.2, 0.25) is 5.02 Å². The first-order chi connectivity index (χ1) is 17.4. The number of halogens is 2. The van der Waals surface area contributed by atoms with E-state index in [2.05, 4.69) is 20.6 Å². The van der Waals surface area contributed by atoms with Gasteiger partial charge in [0.05, 0.1) is 11.7 Å². The number of likely N-dealkylation sites (N-methyl/N-ethyl adjacent to an activating group) is 1. The molecule has 194 valence electrons. The number of benzene rings is 1. The molecule has 4 rings (SSSR count). The van der Waals surface area contributed by atoms with Gasteiger partial charge in [0, 0.05) is 50.1 Å². The summed E-state index contributed by atoms with van der Waals surface area (Å²) in [6.45, 7) is 4.81. The summed E-state index contributed by atoms with van der Waals surface area (Å²) in [5, 5.41) is 5.59. The van der Waals surface area contributed by atoms with Gasteiger partial charge in [0.1, 0.15) is 16.6 Å². The van der Waals surface area contributed by atoms with E-state index in [9.17, 15) is 14.0 Å². The average Bonchev–Trinajstić information content (AvgIpc) is 2.85. The van der Waals surface area contributed by atoms with Crippen LogP contribution in [-0.2, 0) is 11.8 Å². The number of nitrogens with one attached hydrogen (secondary N) is 2. The minimum Gasteiger partial charge on any atom is -0.491 e. The summed E-state index contributed by atoms with van der Waals surface area (Å²) in [5.41, 5.74) is 1.01. The Bertz CT molecular complexity index is 1390. The van der Waals surface area contributed by atoms with Gasteiger partial charge in [0.25, 0.3) is 5.56 Å². The Balaban J connectivity index is 1.65. The van der Waals surface area contributed by atoms with E-state index < -0.39 is 11.6 Å². The van der Waals surface area contributed by atoms with E-state index in [1.165, 1.54) is 17.8 Å². The number of rotatable bonds is 6. The topological polar surface area (TPSA) is 101 Å². The highest BCUT2D eigenvalue weighted by atomic mass is 35.5. The number of fused-ring (bicyclic) bond motifs is 1. The van der Waals surface area contributed by atoms with Crippen molar-refractivity contribution in [3.63, 3.8) is 0 Å². The second kappa shape index (κ2) is 10.2. The maximum atomic E-state index is 14.3. The number of nitrogens with zero attached hydrogens (tertiary/aromatic N) is 4. The second-order valence-corrected chi connectivity index (χ2v) is 10.5. The molecule has 0 spiro atoms. The molecule has 1 amide bonds. The number of carbonyl (C=O) groups is 1. The molecule has 13 heteroatoms. The largest absolute Gasteiger partial charge is 0.491 e. The van der Waals surface area contributed by atoms with Crippen molar-refractivity contribution in [1.29, 1.82) is 0 Å². The Morgan fingerprint density at radius 2 is 1.92 bits per heavy atom. The molecule has 0 bridgehead atoms. The van der Waals surface area contributed by atoms with Crippen molar-refractivity contribution >= 4 is 61.6 Å².